The predicted molar refractivity (Wildman–Crippen MR) is 90.2 cm³/mol. The maximum Gasteiger partial charge on any atom is 0.403 e. The maximum atomic E-state index is 14.7. The van der Waals surface area contributed by atoms with Gasteiger partial charge in [-0.1, -0.05) is 8.85 Å². The molecule has 29 heavy (non-hydrogen) atoms. The van der Waals surface area contributed by atoms with Gasteiger partial charge in [0.25, 0.3) is 0 Å². The third-order valence-corrected chi connectivity index (χ3v) is 7.45. The van der Waals surface area contributed by atoms with Crippen molar-refractivity contribution in [2.45, 2.75) is 0 Å². The molecule has 3 aromatic rings. The number of hydrogen-bond donors (Lipinski definition) is 0. The molecule has 0 unspecified atom stereocenters. The van der Waals surface area contributed by atoms with Crippen molar-refractivity contribution in [3.63, 3.8) is 0 Å². The van der Waals surface area contributed by atoms with Gasteiger partial charge in [0, 0.05) is 24.3 Å². The molecule has 0 fully saturated rings. The van der Waals surface area contributed by atoms with Crippen molar-refractivity contribution in [1.29, 1.82) is 0 Å². The minimum Gasteiger partial charge on any atom is -0.497 e. The molecule has 0 N–H and O–H groups in total. The van der Waals surface area contributed by atoms with Crippen LogP contribution in [0.5, 0.6) is 5.75 Å². The summed E-state index contributed by atoms with van der Waals surface area (Å²) < 4.78 is 115. The standard InChI is InChI=1S/C7H5F2O.2C6H2F3.Al/c1-10-7-3-5(8)2-6(9)4-7;2*7-4-1-2-5(8)6(9)3-4;/h3-4H,1H3;2*1,3H;. The van der Waals surface area contributed by atoms with E-state index in [1.165, 1.54) is 0 Å². The van der Waals surface area contributed by atoms with Gasteiger partial charge in [0.2, 0.25) is 0 Å². The van der Waals surface area contributed by atoms with Gasteiger partial charge in [0.1, 0.15) is 40.7 Å². The molecule has 0 heterocycles. The first kappa shape index (κ1) is 21.1. The molecule has 1 nitrogen and oxygen atoms in total. The van der Waals surface area contributed by atoms with E-state index in [9.17, 15) is 35.1 Å². The van der Waals surface area contributed by atoms with E-state index in [1.54, 1.807) is 0 Å². The molecule has 0 aliphatic carbocycles. The van der Waals surface area contributed by atoms with Gasteiger partial charge in [-0.25, -0.2) is 35.1 Å². The maximum absolute atomic E-state index is 14.7. The zero-order chi connectivity index (χ0) is 21.5. The van der Waals surface area contributed by atoms with Crippen molar-refractivity contribution >= 4 is 27.4 Å². The van der Waals surface area contributed by atoms with E-state index in [1.807, 2.05) is 0 Å². The molecule has 0 saturated carbocycles. The molecule has 3 aromatic carbocycles. The van der Waals surface area contributed by atoms with Gasteiger partial charge in [-0.3, -0.25) is 0 Å². The van der Waals surface area contributed by atoms with E-state index >= 15 is 0 Å². The Bertz CT molecular complexity index is 1020. The summed E-state index contributed by atoms with van der Waals surface area (Å²) >= 11 is -4.13. The normalized spacial score (nSPS) is 10.9. The lowest BCUT2D eigenvalue weighted by Gasteiger charge is -2.18. The summed E-state index contributed by atoms with van der Waals surface area (Å²) in [6.07, 6.45) is 0. The fourth-order valence-corrected chi connectivity index (χ4v) is 6.11. The zero-order valence-electron chi connectivity index (χ0n) is 14.5. The molecule has 150 valence electrons. The molecule has 0 aliphatic heterocycles. The van der Waals surface area contributed by atoms with E-state index in [-0.39, 0.29) is 17.9 Å². The third kappa shape index (κ3) is 3.95. The molecule has 0 amide bonds. The molecule has 3 rings (SSSR count). The molecule has 10 heteroatoms. The Morgan fingerprint density at radius 2 is 1.00 bits per heavy atom. The van der Waals surface area contributed by atoms with Crippen LogP contribution in [0.4, 0.5) is 35.1 Å². The molecule has 0 spiro atoms. The first-order valence-corrected chi connectivity index (χ1v) is 9.69. The Balaban J connectivity index is 2.43. The van der Waals surface area contributed by atoms with Crippen LogP contribution in [0.1, 0.15) is 0 Å². The van der Waals surface area contributed by atoms with E-state index in [0.29, 0.717) is 24.3 Å². The van der Waals surface area contributed by atoms with Crippen LogP contribution < -0.4 is 18.0 Å². The number of rotatable bonds is 4. The second kappa shape index (κ2) is 8.05. The highest BCUT2D eigenvalue weighted by Gasteiger charge is 2.38. The topological polar surface area (TPSA) is 9.23 Å². The largest absolute Gasteiger partial charge is 0.497 e. The van der Waals surface area contributed by atoms with Gasteiger partial charge in [0.15, 0.2) is 11.6 Å². The summed E-state index contributed by atoms with van der Waals surface area (Å²) in [5.74, 6) is -12.4. The lowest BCUT2D eigenvalue weighted by molar-refractivity contribution is 0.407. The second-order valence-electron chi connectivity index (χ2n) is 6.02. The summed E-state index contributed by atoms with van der Waals surface area (Å²) in [7, 11) is 1.10. The Labute approximate surface area is 163 Å². The van der Waals surface area contributed by atoms with Gasteiger partial charge in [-0.05, 0) is 16.6 Å². The van der Waals surface area contributed by atoms with Crippen LogP contribution in [0.2, 0.25) is 0 Å². The smallest absolute Gasteiger partial charge is 0.403 e. The number of ether oxygens (including phenoxy) is 1. The van der Waals surface area contributed by atoms with Gasteiger partial charge in [0.05, 0.1) is 7.11 Å². The van der Waals surface area contributed by atoms with E-state index in [4.69, 9.17) is 4.74 Å². The fraction of sp³-hybridized carbons (Fsp3) is 0.0526. The van der Waals surface area contributed by atoms with Crippen LogP contribution >= 0.6 is 0 Å². The van der Waals surface area contributed by atoms with Crippen molar-refractivity contribution < 1.29 is 39.9 Å². The van der Waals surface area contributed by atoms with Gasteiger partial charge in [-0.15, -0.1) is 0 Å². The van der Waals surface area contributed by atoms with E-state index in [0.717, 1.165) is 7.11 Å². The molecule has 0 atom stereocenters. The second-order valence-corrected chi connectivity index (χ2v) is 8.71. The van der Waals surface area contributed by atoms with Crippen LogP contribution in [0.3, 0.4) is 0 Å². The van der Waals surface area contributed by atoms with Crippen molar-refractivity contribution in [1.82, 2.24) is 0 Å². The van der Waals surface area contributed by atoms with Gasteiger partial charge in [-0.2, -0.15) is 0 Å². The molecular weight excluding hydrogens is 423 g/mol. The lowest BCUT2D eigenvalue weighted by Crippen LogP contribution is -2.57. The van der Waals surface area contributed by atoms with E-state index in [2.05, 4.69) is 0 Å². The fourth-order valence-electron chi connectivity index (χ4n) is 3.01. The van der Waals surface area contributed by atoms with Gasteiger partial charge >= 0.3 is 14.1 Å². The average Bonchev–Trinajstić information content (AvgIpc) is 2.64. The Kier molecular flexibility index (Phi) is 5.87. The summed E-state index contributed by atoms with van der Waals surface area (Å²) in [5.41, 5.74) is 0. The minimum atomic E-state index is -4.13. The molecular formula is C19H9AlF8O. The monoisotopic (exact) mass is 432 g/mol. The molecule has 0 saturated heterocycles. The average molecular weight is 432 g/mol. The minimum absolute atomic E-state index is 0.174. The van der Waals surface area contributed by atoms with Crippen LogP contribution in [-0.4, -0.2) is 21.3 Å². The first-order chi connectivity index (χ1) is 13.6. The van der Waals surface area contributed by atoms with Crippen LogP contribution in [0.25, 0.3) is 0 Å². The molecule has 0 aliphatic rings. The summed E-state index contributed by atoms with van der Waals surface area (Å²) in [6, 6.07) is 2.54. The SMILES string of the molecule is COc1cc(F)[c]([Al]([c]2cc(F)cc(F)c2F)[c]2cc(F)cc(F)c2F)c(F)c1. The highest BCUT2D eigenvalue weighted by atomic mass is 27.2. The predicted octanol–water partition coefficient (Wildman–Crippen LogP) is 3.32. The number of hydrogen-bond acceptors (Lipinski definition) is 1. The first-order valence-electron chi connectivity index (χ1n) is 7.95. The summed E-state index contributed by atoms with van der Waals surface area (Å²) in [5, 5.41) is 0. The Morgan fingerprint density at radius 3 is 1.38 bits per heavy atom. The van der Waals surface area contributed by atoms with Crippen LogP contribution in [-0.2, 0) is 0 Å². The Hall–Kier alpha value is -2.57. The van der Waals surface area contributed by atoms with Crippen LogP contribution in [0.15, 0.2) is 36.4 Å². The zero-order valence-corrected chi connectivity index (χ0v) is 15.6. The van der Waals surface area contributed by atoms with Crippen molar-refractivity contribution in [3.8, 4) is 5.75 Å². The van der Waals surface area contributed by atoms with Gasteiger partial charge < -0.3 is 4.74 Å². The highest BCUT2D eigenvalue weighted by molar-refractivity contribution is 6.95. The lowest BCUT2D eigenvalue weighted by atomic mass is 10.3. The quantitative estimate of drug-likeness (QED) is 0.349. The Morgan fingerprint density at radius 1 is 0.586 bits per heavy atom. The number of halogens is 8. The van der Waals surface area contributed by atoms with E-state index < -0.39 is 74.0 Å². The summed E-state index contributed by atoms with van der Waals surface area (Å²) in [4.78, 5) is 0. The molecule has 0 radical (unpaired) electrons. The van der Waals surface area contributed by atoms with Crippen molar-refractivity contribution in [2.75, 3.05) is 7.11 Å². The number of methoxy groups -OCH3 is 1. The third-order valence-electron chi connectivity index (χ3n) is 4.24. The van der Waals surface area contributed by atoms with Crippen molar-refractivity contribution in [3.05, 3.63) is 82.9 Å². The number of benzene rings is 3. The molecule has 0 aromatic heterocycles. The summed E-state index contributed by atoms with van der Waals surface area (Å²) in [6.45, 7) is 0. The van der Waals surface area contributed by atoms with Crippen molar-refractivity contribution in [2.24, 2.45) is 0 Å². The molecule has 0 bridgehead atoms. The van der Waals surface area contributed by atoms with Crippen LogP contribution in [0, 0.1) is 46.5 Å². The highest BCUT2D eigenvalue weighted by Crippen LogP contribution is 2.17.